The predicted molar refractivity (Wildman–Crippen MR) is 77.2 cm³/mol. The van der Waals surface area contributed by atoms with E-state index in [0.29, 0.717) is 18.4 Å². The molecule has 1 aliphatic rings. The molecule has 2 N–H and O–H groups in total. The Morgan fingerprint density at radius 3 is 2.64 bits per heavy atom. The Kier molecular flexibility index (Phi) is 5.47. The second-order valence-corrected chi connectivity index (χ2v) is 5.86. The summed E-state index contributed by atoms with van der Waals surface area (Å²) in [6, 6.07) is 2.89. The highest BCUT2D eigenvalue weighted by Crippen LogP contribution is 2.32. The average molecular weight is 313 g/mol. The molecule has 4 nitrogen and oxygen atoms in total. The van der Waals surface area contributed by atoms with Gasteiger partial charge in [0.1, 0.15) is 0 Å². The van der Waals surface area contributed by atoms with E-state index in [9.17, 15) is 18.7 Å². The van der Waals surface area contributed by atoms with Gasteiger partial charge in [-0.2, -0.15) is 0 Å². The summed E-state index contributed by atoms with van der Waals surface area (Å²) < 4.78 is 31.4. The minimum Gasteiger partial charge on any atom is -0.389 e. The van der Waals surface area contributed by atoms with Gasteiger partial charge in [-0.3, -0.25) is 4.79 Å². The monoisotopic (exact) mass is 313 g/mol. The molecule has 0 saturated heterocycles. The van der Waals surface area contributed by atoms with E-state index in [1.165, 1.54) is 13.2 Å². The summed E-state index contributed by atoms with van der Waals surface area (Å²) in [5.41, 5.74) is -0.525. The summed E-state index contributed by atoms with van der Waals surface area (Å²) in [5.74, 6) is -2.23. The molecule has 0 bridgehead atoms. The summed E-state index contributed by atoms with van der Waals surface area (Å²) >= 11 is 0. The Hall–Kier alpha value is -1.53. The molecule has 22 heavy (non-hydrogen) atoms. The number of halogens is 2. The third-order valence-electron chi connectivity index (χ3n) is 4.04. The van der Waals surface area contributed by atoms with Gasteiger partial charge in [0.2, 0.25) is 5.91 Å². The van der Waals surface area contributed by atoms with Gasteiger partial charge in [-0.1, -0.05) is 18.9 Å². The molecule has 0 radical (unpaired) electrons. The quantitative estimate of drug-likeness (QED) is 0.848. The number of aliphatic hydroxyl groups is 1. The zero-order chi connectivity index (χ0) is 16.2. The molecular formula is C16H21F2NO3. The topological polar surface area (TPSA) is 58.6 Å². The number of amides is 1. The SMILES string of the molecule is COCC(NC(=O)CC1(O)CCCC1)c1ccc(F)c(F)c1. The van der Waals surface area contributed by atoms with Crippen LogP contribution in [0.25, 0.3) is 0 Å². The highest BCUT2D eigenvalue weighted by atomic mass is 19.2. The average Bonchev–Trinajstić information content (AvgIpc) is 2.87. The number of carbonyl (C=O) groups excluding carboxylic acids is 1. The first kappa shape index (κ1) is 16.8. The number of methoxy groups -OCH3 is 1. The van der Waals surface area contributed by atoms with E-state index < -0.39 is 23.3 Å². The number of rotatable bonds is 6. The first-order valence-electron chi connectivity index (χ1n) is 7.39. The van der Waals surface area contributed by atoms with Crippen LogP contribution in [0.3, 0.4) is 0 Å². The Balaban J connectivity index is 2.04. The van der Waals surface area contributed by atoms with Gasteiger partial charge in [-0.05, 0) is 30.5 Å². The summed E-state index contributed by atoms with van der Waals surface area (Å²) in [6.07, 6.45) is 3.06. The maximum Gasteiger partial charge on any atom is 0.223 e. The summed E-state index contributed by atoms with van der Waals surface area (Å²) in [5, 5.41) is 13.0. The van der Waals surface area contributed by atoms with Crippen molar-refractivity contribution in [1.82, 2.24) is 5.32 Å². The van der Waals surface area contributed by atoms with Gasteiger partial charge in [0, 0.05) is 7.11 Å². The molecule has 1 atom stereocenters. The lowest BCUT2D eigenvalue weighted by Gasteiger charge is -2.24. The largest absolute Gasteiger partial charge is 0.389 e. The molecule has 6 heteroatoms. The van der Waals surface area contributed by atoms with Crippen LogP contribution >= 0.6 is 0 Å². The normalized spacial score (nSPS) is 18.2. The third-order valence-corrected chi connectivity index (χ3v) is 4.04. The minimum atomic E-state index is -0.970. The number of ether oxygens (including phenoxy) is 1. The summed E-state index contributed by atoms with van der Waals surface area (Å²) in [6.45, 7) is 0.134. The summed E-state index contributed by atoms with van der Waals surface area (Å²) in [7, 11) is 1.46. The lowest BCUT2D eigenvalue weighted by Crippen LogP contribution is -2.37. The standard InChI is InChI=1S/C16H21F2NO3/c1-22-10-14(11-4-5-12(17)13(18)8-11)19-15(20)9-16(21)6-2-3-7-16/h4-5,8,14,21H,2-3,6-7,9-10H2,1H3,(H,19,20). The van der Waals surface area contributed by atoms with Crippen molar-refractivity contribution in [1.29, 1.82) is 0 Å². The van der Waals surface area contributed by atoms with Crippen LogP contribution in [-0.2, 0) is 9.53 Å². The van der Waals surface area contributed by atoms with Crippen LogP contribution in [0.2, 0.25) is 0 Å². The van der Waals surface area contributed by atoms with Gasteiger partial charge in [-0.15, -0.1) is 0 Å². The second-order valence-electron chi connectivity index (χ2n) is 5.86. The molecule has 0 spiro atoms. The molecule has 0 aliphatic heterocycles. The number of nitrogens with one attached hydrogen (secondary N) is 1. The Morgan fingerprint density at radius 1 is 1.36 bits per heavy atom. The molecule has 1 saturated carbocycles. The van der Waals surface area contributed by atoms with Crippen LogP contribution in [0.1, 0.15) is 43.7 Å². The Morgan fingerprint density at radius 2 is 2.05 bits per heavy atom. The van der Waals surface area contributed by atoms with Crippen LogP contribution in [0.15, 0.2) is 18.2 Å². The summed E-state index contributed by atoms with van der Waals surface area (Å²) in [4.78, 5) is 12.1. The van der Waals surface area contributed by atoms with Crippen molar-refractivity contribution in [3.05, 3.63) is 35.4 Å². The maximum absolute atomic E-state index is 13.3. The molecule has 1 aromatic rings. The zero-order valence-electron chi connectivity index (χ0n) is 12.6. The van der Waals surface area contributed by atoms with Crippen molar-refractivity contribution in [3.63, 3.8) is 0 Å². The second kappa shape index (κ2) is 7.15. The Bertz CT molecular complexity index is 530. The van der Waals surface area contributed by atoms with Gasteiger partial charge in [-0.25, -0.2) is 8.78 Å². The first-order valence-corrected chi connectivity index (χ1v) is 7.39. The van der Waals surface area contributed by atoms with Crippen LogP contribution < -0.4 is 5.32 Å². The number of carbonyl (C=O) groups is 1. The molecule has 1 aliphatic carbocycles. The van der Waals surface area contributed by atoms with E-state index >= 15 is 0 Å². The van der Waals surface area contributed by atoms with Gasteiger partial charge in [0.15, 0.2) is 11.6 Å². The molecule has 122 valence electrons. The first-order chi connectivity index (χ1) is 10.4. The maximum atomic E-state index is 13.3. The van der Waals surface area contributed by atoms with E-state index in [4.69, 9.17) is 4.74 Å². The fourth-order valence-electron chi connectivity index (χ4n) is 2.87. The van der Waals surface area contributed by atoms with Crippen molar-refractivity contribution in [2.75, 3.05) is 13.7 Å². The van der Waals surface area contributed by atoms with Crippen molar-refractivity contribution in [3.8, 4) is 0 Å². The van der Waals surface area contributed by atoms with Crippen molar-refractivity contribution in [2.45, 2.75) is 43.7 Å². The number of hydrogen-bond donors (Lipinski definition) is 2. The van der Waals surface area contributed by atoms with Crippen molar-refractivity contribution in [2.24, 2.45) is 0 Å². The Labute approximate surface area is 128 Å². The van der Waals surface area contributed by atoms with Crippen LogP contribution in [0.5, 0.6) is 0 Å². The highest BCUT2D eigenvalue weighted by Gasteiger charge is 2.34. The van der Waals surface area contributed by atoms with E-state index in [0.717, 1.165) is 25.0 Å². The molecule has 1 amide bonds. The van der Waals surface area contributed by atoms with Gasteiger partial charge in [0.05, 0.1) is 24.7 Å². The van der Waals surface area contributed by atoms with Gasteiger partial charge < -0.3 is 15.2 Å². The number of benzene rings is 1. The van der Waals surface area contributed by atoms with Gasteiger partial charge in [0.25, 0.3) is 0 Å². The third kappa shape index (κ3) is 4.24. The highest BCUT2D eigenvalue weighted by molar-refractivity contribution is 5.77. The van der Waals surface area contributed by atoms with E-state index in [1.807, 2.05) is 0 Å². The fraction of sp³-hybridized carbons (Fsp3) is 0.562. The smallest absolute Gasteiger partial charge is 0.223 e. The molecule has 0 heterocycles. The van der Waals surface area contributed by atoms with Crippen molar-refractivity contribution >= 4 is 5.91 Å². The fourth-order valence-corrected chi connectivity index (χ4v) is 2.87. The van der Waals surface area contributed by atoms with Crippen LogP contribution in [0.4, 0.5) is 8.78 Å². The molecule has 2 rings (SSSR count). The van der Waals surface area contributed by atoms with Crippen LogP contribution in [-0.4, -0.2) is 30.3 Å². The predicted octanol–water partition coefficient (Wildman–Crippen LogP) is 2.46. The molecule has 1 unspecified atom stereocenters. The minimum absolute atomic E-state index is 0.0108. The van der Waals surface area contributed by atoms with Gasteiger partial charge >= 0.3 is 0 Å². The van der Waals surface area contributed by atoms with E-state index in [2.05, 4.69) is 5.32 Å². The lowest BCUT2D eigenvalue weighted by atomic mass is 9.97. The van der Waals surface area contributed by atoms with Crippen LogP contribution in [0, 0.1) is 11.6 Å². The molecule has 0 aromatic heterocycles. The molecular weight excluding hydrogens is 292 g/mol. The van der Waals surface area contributed by atoms with Crippen molar-refractivity contribution < 1.29 is 23.4 Å². The molecule has 1 fully saturated rings. The zero-order valence-corrected chi connectivity index (χ0v) is 12.6. The molecule has 1 aromatic carbocycles. The van der Waals surface area contributed by atoms with E-state index in [-0.39, 0.29) is 18.9 Å². The lowest BCUT2D eigenvalue weighted by molar-refractivity contribution is -0.127. The van der Waals surface area contributed by atoms with E-state index in [1.54, 1.807) is 0 Å². The number of hydrogen-bond acceptors (Lipinski definition) is 3.